The normalized spacial score (nSPS) is 24.0. The van der Waals surface area contributed by atoms with Crippen LogP contribution in [0.25, 0.3) is 10.9 Å². The van der Waals surface area contributed by atoms with Gasteiger partial charge in [-0.15, -0.1) is 0 Å². The summed E-state index contributed by atoms with van der Waals surface area (Å²) in [6.45, 7) is 3.77. The molecule has 0 unspecified atom stereocenters. The Hall–Kier alpha value is -2.42. The highest BCUT2D eigenvalue weighted by Crippen LogP contribution is 2.27. The van der Waals surface area contributed by atoms with Crippen molar-refractivity contribution < 1.29 is 34.0 Å². The predicted molar refractivity (Wildman–Crippen MR) is 123 cm³/mol. The fourth-order valence-electron chi connectivity index (χ4n) is 4.17. The number of carbonyl (C=O) groups is 2. The Balaban J connectivity index is 1.40. The summed E-state index contributed by atoms with van der Waals surface area (Å²) in [4.78, 5) is 26.3. The minimum Gasteiger partial charge on any atom is -0.481 e. The molecule has 1 saturated heterocycles. The first-order chi connectivity index (χ1) is 15.8. The van der Waals surface area contributed by atoms with Crippen molar-refractivity contribution in [1.82, 2.24) is 4.98 Å². The molecule has 0 aliphatic carbocycles. The zero-order valence-corrected chi connectivity index (χ0v) is 19.4. The predicted octanol–water partition coefficient (Wildman–Crippen LogP) is 4.41. The van der Waals surface area contributed by atoms with Crippen LogP contribution < -0.4 is 0 Å². The fraction of sp³-hybridized carbons (Fsp3) is 0.600. The SMILES string of the molecule is C[C@H](CCCCCCCC(=O)O)O[C@@H]1O[C@@H](C)[C@H](OC(=O)c2c[nH]c3ccccc23)C[C@H]1O. The van der Waals surface area contributed by atoms with Gasteiger partial charge in [0, 0.05) is 29.9 Å². The van der Waals surface area contributed by atoms with Gasteiger partial charge in [-0.2, -0.15) is 0 Å². The van der Waals surface area contributed by atoms with Gasteiger partial charge in [-0.05, 0) is 32.8 Å². The Morgan fingerprint density at radius 2 is 1.91 bits per heavy atom. The van der Waals surface area contributed by atoms with Crippen LogP contribution in [0.15, 0.2) is 30.5 Å². The number of aliphatic hydroxyl groups is 1. The lowest BCUT2D eigenvalue weighted by Gasteiger charge is -2.38. The van der Waals surface area contributed by atoms with Gasteiger partial charge in [0.25, 0.3) is 0 Å². The number of ether oxygens (including phenoxy) is 3. The van der Waals surface area contributed by atoms with E-state index < -0.39 is 36.5 Å². The zero-order valence-electron chi connectivity index (χ0n) is 19.4. The molecule has 2 heterocycles. The second kappa shape index (κ2) is 12.2. The molecular weight excluding hydrogens is 426 g/mol. The number of aromatic nitrogens is 1. The summed E-state index contributed by atoms with van der Waals surface area (Å²) in [5, 5.41) is 20.0. The second-order valence-electron chi connectivity index (χ2n) is 8.85. The number of aliphatic hydroxyl groups excluding tert-OH is 1. The lowest BCUT2D eigenvalue weighted by molar-refractivity contribution is -0.273. The van der Waals surface area contributed by atoms with Crippen molar-refractivity contribution in [2.75, 3.05) is 0 Å². The Labute approximate surface area is 194 Å². The van der Waals surface area contributed by atoms with E-state index in [-0.39, 0.29) is 18.9 Å². The van der Waals surface area contributed by atoms with Crippen LogP contribution in [-0.4, -0.2) is 57.8 Å². The van der Waals surface area contributed by atoms with Crippen LogP contribution >= 0.6 is 0 Å². The van der Waals surface area contributed by atoms with Crippen LogP contribution in [0.1, 0.15) is 75.6 Å². The van der Waals surface area contributed by atoms with E-state index >= 15 is 0 Å². The second-order valence-corrected chi connectivity index (χ2v) is 8.85. The molecule has 0 amide bonds. The van der Waals surface area contributed by atoms with Crippen LogP contribution in [0.4, 0.5) is 0 Å². The highest BCUT2D eigenvalue weighted by molar-refractivity contribution is 6.04. The molecule has 1 aromatic carbocycles. The maximum atomic E-state index is 12.7. The average molecular weight is 462 g/mol. The molecule has 2 aromatic rings. The van der Waals surface area contributed by atoms with Crippen LogP contribution in [0, 0.1) is 0 Å². The molecule has 3 rings (SSSR count). The number of carboxylic acids is 1. The third-order valence-electron chi connectivity index (χ3n) is 6.10. The van der Waals surface area contributed by atoms with Gasteiger partial charge in [0.05, 0.1) is 17.8 Å². The molecular formula is C25H35NO7. The lowest BCUT2D eigenvalue weighted by atomic mass is 10.0. The molecule has 1 fully saturated rings. The Kier molecular flexibility index (Phi) is 9.29. The van der Waals surface area contributed by atoms with E-state index in [1.54, 1.807) is 6.20 Å². The number of hydrogen-bond acceptors (Lipinski definition) is 6. The number of carboxylic acid groups (broad SMARTS) is 1. The number of esters is 1. The van der Waals surface area contributed by atoms with Gasteiger partial charge in [-0.3, -0.25) is 4.79 Å². The molecule has 0 bridgehead atoms. The Morgan fingerprint density at radius 3 is 2.70 bits per heavy atom. The number of aliphatic carboxylic acids is 1. The summed E-state index contributed by atoms with van der Waals surface area (Å²) < 4.78 is 17.4. The van der Waals surface area contributed by atoms with Crippen molar-refractivity contribution in [2.45, 2.75) is 95.9 Å². The monoisotopic (exact) mass is 461 g/mol. The molecule has 8 heteroatoms. The van der Waals surface area contributed by atoms with Crippen LogP contribution in [0.2, 0.25) is 0 Å². The molecule has 33 heavy (non-hydrogen) atoms. The number of aromatic amines is 1. The van der Waals surface area contributed by atoms with E-state index in [0.717, 1.165) is 43.0 Å². The van der Waals surface area contributed by atoms with Gasteiger partial charge in [0.1, 0.15) is 12.2 Å². The maximum absolute atomic E-state index is 12.7. The fourth-order valence-corrected chi connectivity index (χ4v) is 4.17. The van der Waals surface area contributed by atoms with Crippen LogP contribution in [0.5, 0.6) is 0 Å². The molecule has 8 nitrogen and oxygen atoms in total. The summed E-state index contributed by atoms with van der Waals surface area (Å²) >= 11 is 0. The van der Waals surface area contributed by atoms with Crippen molar-refractivity contribution >= 4 is 22.8 Å². The highest BCUT2D eigenvalue weighted by Gasteiger charge is 2.38. The first-order valence-electron chi connectivity index (χ1n) is 11.8. The number of benzene rings is 1. The van der Waals surface area contributed by atoms with Gasteiger partial charge >= 0.3 is 11.9 Å². The lowest BCUT2D eigenvalue weighted by Crippen LogP contribution is -2.49. The van der Waals surface area contributed by atoms with Crippen molar-refractivity contribution in [3.63, 3.8) is 0 Å². The van der Waals surface area contributed by atoms with Gasteiger partial charge in [0.15, 0.2) is 6.29 Å². The summed E-state index contributed by atoms with van der Waals surface area (Å²) in [5.41, 5.74) is 1.32. The summed E-state index contributed by atoms with van der Waals surface area (Å²) in [6.07, 6.45) is 4.87. The molecule has 0 saturated carbocycles. The zero-order chi connectivity index (χ0) is 23.8. The van der Waals surface area contributed by atoms with Crippen molar-refractivity contribution in [1.29, 1.82) is 0 Å². The van der Waals surface area contributed by atoms with Crippen LogP contribution in [0.3, 0.4) is 0 Å². The molecule has 1 aliphatic heterocycles. The molecule has 1 aliphatic rings. The van der Waals surface area contributed by atoms with Crippen LogP contribution in [-0.2, 0) is 19.0 Å². The minimum absolute atomic E-state index is 0.0822. The van der Waals surface area contributed by atoms with E-state index in [1.165, 1.54) is 0 Å². The van der Waals surface area contributed by atoms with E-state index in [9.17, 15) is 14.7 Å². The molecule has 1 aromatic heterocycles. The quantitative estimate of drug-likeness (QED) is 0.316. The third-order valence-corrected chi connectivity index (χ3v) is 6.10. The van der Waals surface area contributed by atoms with Gasteiger partial charge in [-0.25, -0.2) is 4.79 Å². The highest BCUT2D eigenvalue weighted by atomic mass is 16.7. The third kappa shape index (κ3) is 7.28. The standard InChI is InChI=1S/C25H35NO7/c1-16(10-6-4-3-5-7-13-23(28)29)31-25-21(27)14-22(17(2)32-25)33-24(30)19-15-26-20-12-9-8-11-18(19)20/h8-9,11-12,15-17,21-22,25-27H,3-7,10,13-14H2,1-2H3,(H,28,29)/t16-,17+,21-,22-,25-/m1/s1. The topological polar surface area (TPSA) is 118 Å². The molecule has 5 atom stereocenters. The first kappa shape index (κ1) is 25.2. The first-order valence-corrected chi connectivity index (χ1v) is 11.8. The number of fused-ring (bicyclic) bond motifs is 1. The number of para-hydroxylation sites is 1. The Morgan fingerprint density at radius 1 is 1.18 bits per heavy atom. The van der Waals surface area contributed by atoms with Gasteiger partial charge < -0.3 is 29.4 Å². The van der Waals surface area contributed by atoms with E-state index in [4.69, 9.17) is 19.3 Å². The van der Waals surface area contributed by atoms with E-state index in [1.807, 2.05) is 38.1 Å². The van der Waals surface area contributed by atoms with Crippen molar-refractivity contribution in [3.05, 3.63) is 36.0 Å². The number of nitrogens with one attached hydrogen (secondary N) is 1. The largest absolute Gasteiger partial charge is 0.481 e. The average Bonchev–Trinajstić information content (AvgIpc) is 3.20. The van der Waals surface area contributed by atoms with E-state index in [2.05, 4.69) is 4.98 Å². The number of H-pyrrole nitrogens is 1. The molecule has 0 radical (unpaired) electrons. The minimum atomic E-state index is -0.888. The van der Waals surface area contributed by atoms with E-state index in [0.29, 0.717) is 12.0 Å². The number of carbonyl (C=O) groups excluding carboxylic acids is 1. The summed E-state index contributed by atoms with van der Waals surface area (Å²) in [5.74, 6) is -1.19. The van der Waals surface area contributed by atoms with Crippen molar-refractivity contribution in [3.8, 4) is 0 Å². The molecule has 0 spiro atoms. The number of hydrogen-bond donors (Lipinski definition) is 3. The van der Waals surface area contributed by atoms with Gasteiger partial charge in [0.2, 0.25) is 0 Å². The molecule has 3 N–H and O–H groups in total. The Bertz CT molecular complexity index is 911. The van der Waals surface area contributed by atoms with Crippen molar-refractivity contribution in [2.24, 2.45) is 0 Å². The maximum Gasteiger partial charge on any atom is 0.340 e. The number of rotatable bonds is 12. The smallest absolute Gasteiger partial charge is 0.340 e. The molecule has 182 valence electrons. The summed E-state index contributed by atoms with van der Waals surface area (Å²) in [7, 11) is 0. The number of unbranched alkanes of at least 4 members (excludes halogenated alkanes) is 4. The van der Waals surface area contributed by atoms with Gasteiger partial charge in [-0.1, -0.05) is 43.9 Å². The summed E-state index contributed by atoms with van der Waals surface area (Å²) in [6, 6.07) is 7.51.